The number of benzene rings is 3. The van der Waals surface area contributed by atoms with Gasteiger partial charge in [-0.2, -0.15) is 8.75 Å². The summed E-state index contributed by atoms with van der Waals surface area (Å²) in [6.07, 6.45) is 1.39. The van der Waals surface area contributed by atoms with Gasteiger partial charge in [-0.15, -0.1) is 0 Å². The summed E-state index contributed by atoms with van der Waals surface area (Å²) in [7, 11) is 0. The molecule has 0 radical (unpaired) electrons. The van der Waals surface area contributed by atoms with Crippen molar-refractivity contribution in [2.24, 2.45) is 0 Å². The van der Waals surface area contributed by atoms with Gasteiger partial charge in [0, 0.05) is 48.7 Å². The highest BCUT2D eigenvalue weighted by atomic mass is 32.1. The molecule has 2 aromatic heterocycles. The molecule has 3 aliphatic rings. The molecule has 0 spiro atoms. The number of piperazine rings is 1. The Morgan fingerprint density at radius 1 is 0.950 bits per heavy atom. The third-order valence-electron chi connectivity index (χ3n) is 8.82. The van der Waals surface area contributed by atoms with Crippen LogP contribution in [-0.4, -0.2) is 72.0 Å². The van der Waals surface area contributed by atoms with E-state index in [4.69, 9.17) is 0 Å². The van der Waals surface area contributed by atoms with E-state index in [9.17, 15) is 9.59 Å². The topological polar surface area (TPSA) is 85.4 Å². The highest BCUT2D eigenvalue weighted by Crippen LogP contribution is 2.43. The van der Waals surface area contributed by atoms with Crippen LogP contribution in [0.1, 0.15) is 34.8 Å². The predicted molar refractivity (Wildman–Crippen MR) is 154 cm³/mol. The summed E-state index contributed by atoms with van der Waals surface area (Å²) < 4.78 is 8.81. The number of nitrogens with one attached hydrogen (secondary N) is 1. The molecule has 3 atom stereocenters. The number of aromatic nitrogens is 3. The number of carbonyl (C=O) groups is 2. The van der Waals surface area contributed by atoms with Gasteiger partial charge < -0.3 is 14.8 Å². The van der Waals surface area contributed by atoms with Gasteiger partial charge >= 0.3 is 0 Å². The van der Waals surface area contributed by atoms with Gasteiger partial charge in [-0.05, 0) is 41.3 Å². The number of nitrogens with zero attached hydrogens (tertiary/aromatic N) is 5. The second-order valence-electron chi connectivity index (χ2n) is 11.1. The van der Waals surface area contributed by atoms with Gasteiger partial charge in [0.15, 0.2) is 0 Å². The van der Waals surface area contributed by atoms with E-state index in [1.165, 1.54) is 17.3 Å². The Balaban J connectivity index is 1.15. The van der Waals surface area contributed by atoms with Gasteiger partial charge in [-0.25, -0.2) is 0 Å². The number of amides is 2. The smallest absolute Gasteiger partial charge is 0.246 e. The molecule has 5 aromatic rings. The lowest BCUT2D eigenvalue weighted by Gasteiger charge is -2.48. The van der Waals surface area contributed by atoms with Crippen molar-refractivity contribution in [2.75, 3.05) is 19.6 Å². The molecule has 3 aromatic carbocycles. The number of H-pyrrole nitrogens is 1. The van der Waals surface area contributed by atoms with Crippen molar-refractivity contribution < 1.29 is 9.59 Å². The number of aromatic amines is 1. The lowest BCUT2D eigenvalue weighted by Crippen LogP contribution is -2.65. The number of hydrogen-bond acceptors (Lipinski definition) is 6. The molecule has 3 aliphatic heterocycles. The van der Waals surface area contributed by atoms with Gasteiger partial charge in [0.1, 0.15) is 23.6 Å². The average molecular weight is 549 g/mol. The second kappa shape index (κ2) is 9.25. The van der Waals surface area contributed by atoms with Crippen LogP contribution < -0.4 is 0 Å². The van der Waals surface area contributed by atoms with E-state index in [1.54, 1.807) is 0 Å². The minimum atomic E-state index is -0.537. The number of rotatable bonds is 4. The summed E-state index contributed by atoms with van der Waals surface area (Å²) in [5.74, 6) is 0.0559. The fourth-order valence-electron chi connectivity index (χ4n) is 6.96. The maximum atomic E-state index is 14.3. The quantitative estimate of drug-likeness (QED) is 0.365. The molecule has 2 amide bonds. The third kappa shape index (κ3) is 3.76. The molecule has 1 N–H and O–H groups in total. The highest BCUT2D eigenvalue weighted by molar-refractivity contribution is 7.00. The molecule has 200 valence electrons. The first-order valence-electron chi connectivity index (χ1n) is 13.8. The highest BCUT2D eigenvalue weighted by Gasteiger charge is 2.50. The molecular weight excluding hydrogens is 520 g/mol. The van der Waals surface area contributed by atoms with Crippen molar-refractivity contribution in [1.29, 1.82) is 0 Å². The van der Waals surface area contributed by atoms with Crippen LogP contribution in [0.4, 0.5) is 0 Å². The van der Waals surface area contributed by atoms with Crippen LogP contribution in [0, 0.1) is 0 Å². The van der Waals surface area contributed by atoms with Crippen molar-refractivity contribution in [3.05, 3.63) is 95.2 Å². The number of carbonyl (C=O) groups excluding carboxylic acids is 2. The predicted octanol–water partition coefficient (Wildman–Crippen LogP) is 4.13. The molecule has 40 heavy (non-hydrogen) atoms. The Kier molecular flexibility index (Phi) is 5.50. The summed E-state index contributed by atoms with van der Waals surface area (Å²) in [4.78, 5) is 38.0. The first-order chi connectivity index (χ1) is 19.6. The fraction of sp³-hybridized carbons (Fsp3) is 0.290. The average Bonchev–Trinajstić information content (AvgIpc) is 3.72. The molecule has 0 unspecified atom stereocenters. The Hall–Kier alpha value is -4.08. The normalized spacial score (nSPS) is 23.2. The van der Waals surface area contributed by atoms with E-state index in [0.717, 1.165) is 64.8 Å². The largest absolute Gasteiger partial charge is 0.356 e. The molecular formula is C31H28N6O2S. The molecule has 5 heterocycles. The summed E-state index contributed by atoms with van der Waals surface area (Å²) in [5, 5.41) is 1.12. The van der Waals surface area contributed by atoms with E-state index in [2.05, 4.69) is 55.0 Å². The van der Waals surface area contributed by atoms with Gasteiger partial charge in [-0.1, -0.05) is 54.6 Å². The minimum Gasteiger partial charge on any atom is -0.356 e. The number of likely N-dealkylation sites (tertiary alicyclic amines) is 1. The number of fused-ring (bicyclic) bond motifs is 5. The van der Waals surface area contributed by atoms with Crippen LogP contribution in [0.25, 0.3) is 21.9 Å². The maximum Gasteiger partial charge on any atom is 0.246 e. The van der Waals surface area contributed by atoms with Crippen molar-refractivity contribution >= 4 is 45.5 Å². The third-order valence-corrected chi connectivity index (χ3v) is 9.38. The molecule has 2 fully saturated rings. The Bertz CT molecular complexity index is 1760. The zero-order chi connectivity index (χ0) is 26.8. The summed E-state index contributed by atoms with van der Waals surface area (Å²) in [6, 6.07) is 23.8. The van der Waals surface area contributed by atoms with Crippen molar-refractivity contribution in [1.82, 2.24) is 28.4 Å². The van der Waals surface area contributed by atoms with Crippen LogP contribution in [0.15, 0.2) is 72.8 Å². The summed E-state index contributed by atoms with van der Waals surface area (Å²) in [5.41, 5.74) is 7.00. The summed E-state index contributed by atoms with van der Waals surface area (Å²) in [6.45, 7) is 2.68. The molecule has 0 aliphatic carbocycles. The molecule has 8 nitrogen and oxygen atoms in total. The Morgan fingerprint density at radius 3 is 2.67 bits per heavy atom. The molecule has 0 saturated carbocycles. The molecule has 8 rings (SSSR count). The van der Waals surface area contributed by atoms with Gasteiger partial charge in [0.25, 0.3) is 0 Å². The van der Waals surface area contributed by atoms with Gasteiger partial charge in [0.2, 0.25) is 11.8 Å². The van der Waals surface area contributed by atoms with E-state index < -0.39 is 6.04 Å². The molecule has 2 saturated heterocycles. The monoisotopic (exact) mass is 548 g/mol. The van der Waals surface area contributed by atoms with Crippen LogP contribution in [0.2, 0.25) is 0 Å². The van der Waals surface area contributed by atoms with E-state index in [1.807, 2.05) is 46.2 Å². The lowest BCUT2D eigenvalue weighted by atomic mass is 9.85. The first-order valence-corrected chi connectivity index (χ1v) is 14.6. The second-order valence-corrected chi connectivity index (χ2v) is 11.7. The zero-order valence-corrected chi connectivity index (χ0v) is 22.7. The van der Waals surface area contributed by atoms with Crippen LogP contribution in [0.5, 0.6) is 0 Å². The molecule has 9 heteroatoms. The Morgan fingerprint density at radius 2 is 1.77 bits per heavy atom. The zero-order valence-electron chi connectivity index (χ0n) is 21.9. The minimum absolute atomic E-state index is 0.00286. The van der Waals surface area contributed by atoms with Crippen LogP contribution >= 0.6 is 11.7 Å². The SMILES string of the molecule is O=C1[C@H]2Cc3c([nH]c4ccccc34)[C@H](c3ccc4nsnc4c3)N2C(=O)CN1[C@@H]1CCN(Cc2ccccc2)C1. The van der Waals surface area contributed by atoms with Crippen LogP contribution in [0.3, 0.4) is 0 Å². The van der Waals surface area contributed by atoms with E-state index in [0.29, 0.717) is 6.42 Å². The van der Waals surface area contributed by atoms with Gasteiger partial charge in [0.05, 0.1) is 17.8 Å². The van der Waals surface area contributed by atoms with E-state index >= 15 is 0 Å². The fourth-order valence-corrected chi connectivity index (χ4v) is 7.48. The summed E-state index contributed by atoms with van der Waals surface area (Å²) >= 11 is 1.18. The van der Waals surface area contributed by atoms with Crippen molar-refractivity contribution in [2.45, 2.75) is 37.5 Å². The van der Waals surface area contributed by atoms with Gasteiger partial charge in [-0.3, -0.25) is 14.5 Å². The first kappa shape index (κ1) is 23.8. The molecule has 0 bridgehead atoms. The number of hydrogen-bond donors (Lipinski definition) is 1. The van der Waals surface area contributed by atoms with Crippen molar-refractivity contribution in [3.8, 4) is 0 Å². The van der Waals surface area contributed by atoms with Crippen molar-refractivity contribution in [3.63, 3.8) is 0 Å². The lowest BCUT2D eigenvalue weighted by molar-refractivity contribution is -0.160. The maximum absolute atomic E-state index is 14.3. The number of para-hydroxylation sites is 1. The Labute approximate surface area is 235 Å². The van der Waals surface area contributed by atoms with Crippen LogP contribution in [-0.2, 0) is 22.6 Å². The standard InChI is InChI=1S/C31H28N6O2S/c38-28-18-36(21-12-13-35(17-21)16-19-6-2-1-3-7-19)31(39)27-15-23-22-8-4-5-9-24(22)32-29(23)30(37(27)28)20-10-11-25-26(14-20)34-40-33-25/h1-11,14,21,27,30,32H,12-13,15-18H2/t21-,27-,30+/m1/s1. The van der Waals surface area contributed by atoms with E-state index in [-0.39, 0.29) is 30.4 Å².